The topological polar surface area (TPSA) is 279 Å². The molecule has 210 valence electrons. The smallest absolute Gasteiger partial charge is 0.280 e. The number of aromatic amines is 1. The van der Waals surface area contributed by atoms with Crippen LogP contribution in [0.5, 0.6) is 0 Å². The summed E-state index contributed by atoms with van der Waals surface area (Å²) in [5, 5.41) is 3.16. The van der Waals surface area contributed by atoms with Gasteiger partial charge in [0.15, 0.2) is 11.2 Å². The predicted octanol–water partition coefficient (Wildman–Crippen LogP) is -0.471. The number of anilines is 2. The number of phosphoric ester groups is 1. The normalized spacial score (nSPS) is 27.5. The number of hydrogen-bond donors (Lipinski definition) is 4. The average Bonchev–Trinajstić information content (AvgIpc) is 3.13. The molecule has 1 aliphatic rings. The first-order valence-electron chi connectivity index (χ1n) is 10.6. The third kappa shape index (κ3) is 7.46. The van der Waals surface area contributed by atoms with E-state index in [-0.39, 0.29) is 29.0 Å². The average molecular weight is 587 g/mol. The molecule has 1 fully saturated rings. The summed E-state index contributed by atoms with van der Waals surface area (Å²) < 4.78 is 53.0. The van der Waals surface area contributed by atoms with Gasteiger partial charge in [0.1, 0.15) is 6.23 Å². The zero-order valence-electron chi connectivity index (χ0n) is 20.2. The van der Waals surface area contributed by atoms with Gasteiger partial charge in [-0.15, -0.1) is 0 Å². The Bertz CT molecular complexity index is 1370. The second-order valence-electron chi connectivity index (χ2n) is 9.41. The van der Waals surface area contributed by atoms with Crippen molar-refractivity contribution in [2.24, 2.45) is 11.8 Å². The number of phosphoric acid groups is 3. The fraction of sp³-hybridized carbons (Fsp3) is 0.688. The van der Waals surface area contributed by atoms with Crippen molar-refractivity contribution in [2.45, 2.75) is 52.5 Å². The number of nitrogens with zero attached hydrogens (tertiary/aromatic N) is 3. The molecule has 21 heteroatoms. The molecular formula is C16H26N6O12P3-3. The molecule has 1 aliphatic heterocycles. The summed E-state index contributed by atoms with van der Waals surface area (Å²) in [6, 6.07) is 0. The number of nitrogen functional groups attached to an aromatic ring is 1. The van der Waals surface area contributed by atoms with Crippen molar-refractivity contribution in [3.63, 3.8) is 0 Å². The number of aromatic nitrogens is 4. The Balaban J connectivity index is 1.87. The minimum atomic E-state index is -6.03. The highest BCUT2D eigenvalue weighted by atomic mass is 31.3. The largest absolute Gasteiger partial charge is 0.756 e. The van der Waals surface area contributed by atoms with Gasteiger partial charge in [-0.05, 0) is 26.7 Å². The monoisotopic (exact) mass is 587 g/mol. The highest BCUT2D eigenvalue weighted by Crippen LogP contribution is 2.61. The van der Waals surface area contributed by atoms with Crippen molar-refractivity contribution in [3.8, 4) is 0 Å². The summed E-state index contributed by atoms with van der Waals surface area (Å²) in [5.41, 5.74) is 4.71. The van der Waals surface area contributed by atoms with E-state index in [0.29, 0.717) is 0 Å². The van der Waals surface area contributed by atoms with Crippen LogP contribution in [-0.4, -0.2) is 42.7 Å². The van der Waals surface area contributed by atoms with Gasteiger partial charge in [-0.1, -0.05) is 13.8 Å². The lowest BCUT2D eigenvalue weighted by Gasteiger charge is -2.33. The highest BCUT2D eigenvalue weighted by molar-refractivity contribution is 7.65. The molecule has 2 aromatic heterocycles. The molecule has 0 radical (unpaired) electrons. The maximum Gasteiger partial charge on any atom is 0.280 e. The lowest BCUT2D eigenvalue weighted by atomic mass is 9.93. The van der Waals surface area contributed by atoms with E-state index in [4.69, 9.17) is 15.4 Å². The van der Waals surface area contributed by atoms with Gasteiger partial charge in [0.25, 0.3) is 29.0 Å². The van der Waals surface area contributed by atoms with Gasteiger partial charge < -0.3 is 39.9 Å². The van der Waals surface area contributed by atoms with Crippen LogP contribution in [0.4, 0.5) is 11.9 Å². The first-order chi connectivity index (χ1) is 16.7. The zero-order chi connectivity index (χ0) is 28.1. The first kappa shape index (κ1) is 29.9. The molecular weight excluding hydrogens is 561 g/mol. The summed E-state index contributed by atoms with van der Waals surface area (Å²) in [5.74, 6) is -0.696. The second kappa shape index (κ2) is 10.1. The number of H-pyrrole nitrogens is 1. The van der Waals surface area contributed by atoms with Gasteiger partial charge in [0.05, 0.1) is 12.7 Å². The third-order valence-electron chi connectivity index (χ3n) is 5.29. The van der Waals surface area contributed by atoms with Crippen LogP contribution >= 0.6 is 23.5 Å². The molecule has 0 saturated carbocycles. The van der Waals surface area contributed by atoms with Crippen molar-refractivity contribution >= 4 is 46.5 Å². The van der Waals surface area contributed by atoms with E-state index in [1.165, 1.54) is 4.57 Å². The highest BCUT2D eigenvalue weighted by Gasteiger charge is 2.43. The molecule has 1 saturated heterocycles. The van der Waals surface area contributed by atoms with E-state index in [2.05, 4.69) is 33.4 Å². The van der Waals surface area contributed by atoms with Crippen molar-refractivity contribution in [3.05, 3.63) is 10.4 Å². The molecule has 3 rings (SSSR count). The molecule has 0 aliphatic carbocycles. The van der Waals surface area contributed by atoms with Crippen LogP contribution in [0.25, 0.3) is 11.2 Å². The lowest BCUT2D eigenvalue weighted by molar-refractivity contribution is -0.250. The minimum Gasteiger partial charge on any atom is -0.756 e. The Morgan fingerprint density at radius 2 is 1.76 bits per heavy atom. The van der Waals surface area contributed by atoms with Crippen LogP contribution in [0.1, 0.15) is 40.8 Å². The summed E-state index contributed by atoms with van der Waals surface area (Å²) >= 11 is 0. The van der Waals surface area contributed by atoms with E-state index < -0.39 is 59.4 Å². The quantitative estimate of drug-likeness (QED) is 0.270. The van der Waals surface area contributed by atoms with Crippen LogP contribution < -0.4 is 31.3 Å². The van der Waals surface area contributed by atoms with E-state index in [1.54, 1.807) is 13.8 Å². The molecule has 5 N–H and O–H groups in total. The Morgan fingerprint density at radius 3 is 2.32 bits per heavy atom. The molecule has 7 atom stereocenters. The summed E-state index contributed by atoms with van der Waals surface area (Å²) in [6.45, 7) is 8.32. The minimum absolute atomic E-state index is 0.0210. The number of imidazole rings is 1. The Labute approximate surface area is 210 Å². The van der Waals surface area contributed by atoms with Gasteiger partial charge in [0, 0.05) is 11.5 Å². The van der Waals surface area contributed by atoms with Crippen LogP contribution in [0, 0.1) is 11.8 Å². The summed E-state index contributed by atoms with van der Waals surface area (Å²) in [4.78, 5) is 65.7. The number of nitrogens with two attached hydrogens (primary N) is 1. The van der Waals surface area contributed by atoms with Gasteiger partial charge in [0.2, 0.25) is 11.9 Å². The standard InChI is InChI=1S/C16H29N6O12P3/c1-7-8(2)13(32-9(7)6-31-36(27,28)34-37(29,30)33-35(24,25)26)22-11-10(12(23)20-14(17)19-11)18-15(22)21-16(3,4)5/h7-9,13H,6H2,1-5H3,(H,18,21)(H,27,28)(H,29,30)(H2,24,25,26)(H3,17,19,20,23)/p-3/t7-,8?,9-,13-/m1/s1. The number of nitrogens with one attached hydrogen (secondary N) is 2. The molecule has 0 spiro atoms. The Morgan fingerprint density at radius 1 is 1.14 bits per heavy atom. The fourth-order valence-electron chi connectivity index (χ4n) is 3.63. The number of fused-ring (bicyclic) bond motifs is 1. The van der Waals surface area contributed by atoms with Crippen molar-refractivity contribution < 1.29 is 51.2 Å². The first-order valence-corrected chi connectivity index (χ1v) is 15.0. The van der Waals surface area contributed by atoms with Gasteiger partial charge in [-0.3, -0.25) is 28.0 Å². The number of ether oxygens (including phenoxy) is 1. The molecule has 0 bridgehead atoms. The maximum absolute atomic E-state index is 12.4. The van der Waals surface area contributed by atoms with Gasteiger partial charge in [-0.2, -0.15) is 4.98 Å². The van der Waals surface area contributed by atoms with E-state index >= 15 is 0 Å². The molecule has 2 aromatic rings. The summed E-state index contributed by atoms with van der Waals surface area (Å²) in [7, 11) is -17.6. The molecule has 0 amide bonds. The molecule has 37 heavy (non-hydrogen) atoms. The Hall–Kier alpha value is -1.68. The fourth-order valence-corrected chi connectivity index (χ4v) is 6.53. The van der Waals surface area contributed by atoms with Crippen LogP contribution in [0.15, 0.2) is 4.79 Å². The molecule has 0 aromatic carbocycles. The van der Waals surface area contributed by atoms with Crippen LogP contribution in [0.2, 0.25) is 0 Å². The number of rotatable bonds is 9. The van der Waals surface area contributed by atoms with Crippen molar-refractivity contribution in [1.29, 1.82) is 0 Å². The van der Waals surface area contributed by atoms with Crippen molar-refractivity contribution in [1.82, 2.24) is 19.5 Å². The third-order valence-corrected chi connectivity index (χ3v) is 8.98. The maximum atomic E-state index is 12.4. The SMILES string of the molecule is CC1[C@@H](C)[C@@H](COP(=O)([O-])OP(=O)([O-])OP(=O)([O-])O)O[C@H]1n1c(NC(C)(C)C)nc2c(=O)[nH]c(N)nc21. The van der Waals surface area contributed by atoms with Crippen LogP contribution in [0.3, 0.4) is 0 Å². The predicted molar refractivity (Wildman–Crippen MR) is 121 cm³/mol. The van der Waals surface area contributed by atoms with Gasteiger partial charge >= 0.3 is 0 Å². The second-order valence-corrected chi connectivity index (χ2v) is 13.7. The molecule has 3 heterocycles. The molecule has 18 nitrogen and oxygen atoms in total. The summed E-state index contributed by atoms with van der Waals surface area (Å²) in [6.07, 6.45) is -1.81. The lowest BCUT2D eigenvalue weighted by Crippen LogP contribution is -2.29. The zero-order valence-corrected chi connectivity index (χ0v) is 22.9. The van der Waals surface area contributed by atoms with Crippen molar-refractivity contribution in [2.75, 3.05) is 17.7 Å². The van der Waals surface area contributed by atoms with E-state index in [1.807, 2.05) is 20.8 Å². The Kier molecular flexibility index (Phi) is 8.18. The van der Waals surface area contributed by atoms with E-state index in [9.17, 15) is 33.2 Å². The molecule has 4 unspecified atom stereocenters. The van der Waals surface area contributed by atoms with Gasteiger partial charge in [-0.25, -0.2) is 13.6 Å². The number of hydrogen-bond acceptors (Lipinski definition) is 15. The van der Waals surface area contributed by atoms with E-state index in [0.717, 1.165) is 0 Å². The van der Waals surface area contributed by atoms with Crippen LogP contribution in [-0.2, 0) is 31.6 Å².